The molecule has 9 aromatic rings. The maximum atomic E-state index is 5.63. The first-order chi connectivity index (χ1) is 27.8. The largest absolute Gasteiger partial charge is 2.00 e. The van der Waals surface area contributed by atoms with Crippen LogP contribution in [0.15, 0.2) is 194 Å². The van der Waals surface area contributed by atoms with Gasteiger partial charge >= 0.3 is 16.5 Å². The van der Waals surface area contributed by atoms with Crippen molar-refractivity contribution in [2.75, 3.05) is 0 Å². The van der Waals surface area contributed by atoms with Gasteiger partial charge in [0.2, 0.25) is 0 Å². The minimum Gasteiger partial charge on any atom is -0.657 e. The zero-order chi connectivity index (χ0) is 37.0. The van der Waals surface area contributed by atoms with E-state index in [1.165, 1.54) is 0 Å². The van der Waals surface area contributed by atoms with E-state index in [1.54, 1.807) is 0 Å². The van der Waals surface area contributed by atoms with Crippen molar-refractivity contribution in [3.63, 3.8) is 0 Å². The molecule has 2 aliphatic heterocycles. The molecule has 8 bridgehead atoms. The van der Waals surface area contributed by atoms with E-state index >= 15 is 0 Å². The fraction of sp³-hybridized carbons (Fsp3) is 0. The second kappa shape index (κ2) is 14.2. The number of fused-ring (bicyclic) bond motifs is 14. The topological polar surface area (TPSA) is 54.0 Å². The van der Waals surface area contributed by atoms with Gasteiger partial charge in [-0.05, 0) is 44.5 Å². The van der Waals surface area contributed by atoms with Gasteiger partial charge in [0.1, 0.15) is 0 Å². The van der Waals surface area contributed by atoms with Crippen molar-refractivity contribution < 1.29 is 16.5 Å². The molecule has 3 aromatic heterocycles. The molecule has 270 valence electrons. The van der Waals surface area contributed by atoms with Crippen LogP contribution in [-0.2, 0) is 16.5 Å². The van der Waals surface area contributed by atoms with Crippen LogP contribution in [-0.4, -0.2) is 9.97 Å². The van der Waals surface area contributed by atoms with Crippen molar-refractivity contribution in [2.45, 2.75) is 0 Å². The average Bonchev–Trinajstić information content (AvgIpc) is 4.08. The van der Waals surface area contributed by atoms with Crippen molar-refractivity contribution in [1.82, 2.24) is 19.9 Å². The van der Waals surface area contributed by atoms with Crippen LogP contribution in [0.4, 0.5) is 0 Å². The van der Waals surface area contributed by atoms with E-state index in [2.05, 4.69) is 194 Å². The van der Waals surface area contributed by atoms with E-state index in [0.29, 0.717) is 0 Å². The second-order valence-electron chi connectivity index (χ2n) is 14.1. The number of aromatic nitrogens is 4. The summed E-state index contributed by atoms with van der Waals surface area (Å²) in [5.74, 6) is 0. The Kier molecular flexibility index (Phi) is 8.59. The van der Waals surface area contributed by atoms with E-state index in [-0.39, 0.29) is 16.5 Å². The van der Waals surface area contributed by atoms with Crippen molar-refractivity contribution in [1.29, 1.82) is 0 Å². The van der Waals surface area contributed by atoms with E-state index in [1.807, 2.05) is 0 Å². The van der Waals surface area contributed by atoms with E-state index in [4.69, 9.17) is 19.9 Å². The first kappa shape index (κ1) is 34.4. The standard InChI is InChI=1S/C52H32N4.Ni/c1-5-17-33(18-6-1)45-41-29-30-42(53-41)46(34-19-7-2-8-20-34)51-39-27-15-16-28-40(39)52(56-51)48(36-23-11-4-12-24-36)44-32-31-43(54-44)47(35-21-9-3-10-22-35)50-38-26-14-13-25-37(38)49(45)55-50;/h1-32H;/q-2;+2. The minimum absolute atomic E-state index is 0. The number of benzene rings is 6. The van der Waals surface area contributed by atoms with Crippen LogP contribution in [0.3, 0.4) is 0 Å². The van der Waals surface area contributed by atoms with Crippen molar-refractivity contribution in [3.8, 4) is 89.5 Å². The molecule has 0 radical (unpaired) electrons. The van der Waals surface area contributed by atoms with Gasteiger partial charge in [-0.15, -0.1) is 22.1 Å². The van der Waals surface area contributed by atoms with Crippen LogP contribution in [0, 0.1) is 0 Å². The molecule has 5 heterocycles. The molecule has 5 heteroatoms. The third kappa shape index (κ3) is 5.75. The molecule has 4 nitrogen and oxygen atoms in total. The number of hydrogen-bond donors (Lipinski definition) is 0. The van der Waals surface area contributed by atoms with E-state index < -0.39 is 0 Å². The van der Waals surface area contributed by atoms with Gasteiger partial charge in [-0.25, -0.2) is 9.97 Å². The number of rotatable bonds is 4. The molecule has 0 amide bonds. The zero-order valence-electron chi connectivity index (χ0n) is 30.6. The molecule has 0 saturated heterocycles. The molecular formula is C52H32N4Ni. The minimum atomic E-state index is 0. The summed E-state index contributed by atoms with van der Waals surface area (Å²) >= 11 is 0. The Hall–Kier alpha value is -7.07. The smallest absolute Gasteiger partial charge is 0.657 e. The van der Waals surface area contributed by atoms with Crippen LogP contribution in [0.1, 0.15) is 0 Å². The van der Waals surface area contributed by atoms with Gasteiger partial charge in [0.15, 0.2) is 0 Å². The van der Waals surface area contributed by atoms with Gasteiger partial charge in [0.05, 0.1) is 22.8 Å². The number of nitrogens with zero attached hydrogens (tertiary/aromatic N) is 4. The van der Waals surface area contributed by atoms with Gasteiger partial charge in [-0.3, -0.25) is 0 Å². The summed E-state index contributed by atoms with van der Waals surface area (Å²) in [5, 5.41) is 0. The Morgan fingerprint density at radius 2 is 0.456 bits per heavy atom. The van der Waals surface area contributed by atoms with Crippen LogP contribution < -0.4 is 9.97 Å². The molecule has 2 aliphatic rings. The summed E-state index contributed by atoms with van der Waals surface area (Å²) in [6, 6.07) is 67.7. The van der Waals surface area contributed by atoms with Gasteiger partial charge in [-0.1, -0.05) is 194 Å². The van der Waals surface area contributed by atoms with Crippen molar-refractivity contribution >= 4 is 22.1 Å². The quantitative estimate of drug-likeness (QED) is 0.167. The summed E-state index contributed by atoms with van der Waals surface area (Å²) in [5.41, 5.74) is 19.3. The Labute approximate surface area is 340 Å². The molecule has 0 spiro atoms. The molecule has 0 aliphatic carbocycles. The molecule has 0 N–H and O–H groups in total. The molecule has 57 heavy (non-hydrogen) atoms. The first-order valence-electron chi connectivity index (χ1n) is 18.9. The monoisotopic (exact) mass is 770 g/mol. The first-order valence-corrected chi connectivity index (χ1v) is 18.9. The maximum Gasteiger partial charge on any atom is 2.00 e. The van der Waals surface area contributed by atoms with Crippen molar-refractivity contribution in [3.05, 3.63) is 194 Å². The Bertz CT molecular complexity index is 2700. The molecule has 0 fully saturated rings. The van der Waals surface area contributed by atoms with E-state index in [0.717, 1.165) is 112 Å². The molecule has 0 atom stereocenters. The predicted molar refractivity (Wildman–Crippen MR) is 230 cm³/mol. The summed E-state index contributed by atoms with van der Waals surface area (Å²) in [6.07, 6.45) is 0. The summed E-state index contributed by atoms with van der Waals surface area (Å²) in [7, 11) is 0. The summed E-state index contributed by atoms with van der Waals surface area (Å²) < 4.78 is 0. The molecule has 11 rings (SSSR count). The fourth-order valence-electron chi connectivity index (χ4n) is 8.34. The normalized spacial score (nSPS) is 11.4. The van der Waals surface area contributed by atoms with Gasteiger partial charge in [-0.2, -0.15) is 0 Å². The Balaban J connectivity index is 0.00000396. The Morgan fingerprint density at radius 3 is 0.684 bits per heavy atom. The predicted octanol–water partition coefficient (Wildman–Crippen LogP) is 12.9. The molecular weight excluding hydrogens is 739 g/mol. The average molecular weight is 772 g/mol. The van der Waals surface area contributed by atoms with Crippen LogP contribution >= 0.6 is 0 Å². The number of hydrogen-bond acceptors (Lipinski definition) is 2. The SMILES string of the molecule is [Ni+2].c1ccc(-c2c3nc(c(-c4ccccc4)c4ccc([n-]4)c(-c4ccccc4)c4nc(c(-c5ccccc5)c5ccc2[n-]5)-c2ccccc2-4)-c2ccccc2-3)cc1. The van der Waals surface area contributed by atoms with Crippen LogP contribution in [0.25, 0.3) is 112 Å². The fourth-order valence-corrected chi connectivity index (χ4v) is 8.34. The van der Waals surface area contributed by atoms with Crippen LogP contribution in [0.2, 0.25) is 0 Å². The maximum absolute atomic E-state index is 5.63. The molecule has 0 unspecified atom stereocenters. The third-order valence-corrected chi connectivity index (χ3v) is 10.8. The van der Waals surface area contributed by atoms with Gasteiger partial charge in [0.25, 0.3) is 0 Å². The van der Waals surface area contributed by atoms with Gasteiger partial charge < -0.3 is 9.97 Å². The van der Waals surface area contributed by atoms with Gasteiger partial charge in [0, 0.05) is 22.3 Å². The summed E-state index contributed by atoms with van der Waals surface area (Å²) in [4.78, 5) is 22.3. The summed E-state index contributed by atoms with van der Waals surface area (Å²) in [6.45, 7) is 0. The van der Waals surface area contributed by atoms with E-state index in [9.17, 15) is 0 Å². The molecule has 6 aromatic carbocycles. The molecule has 0 saturated carbocycles. The Morgan fingerprint density at radius 1 is 0.246 bits per heavy atom. The third-order valence-electron chi connectivity index (χ3n) is 10.8. The van der Waals surface area contributed by atoms with Crippen LogP contribution in [0.5, 0.6) is 0 Å². The zero-order valence-corrected chi connectivity index (χ0v) is 31.6. The van der Waals surface area contributed by atoms with Crippen molar-refractivity contribution in [2.24, 2.45) is 0 Å². The second-order valence-corrected chi connectivity index (χ2v) is 14.1.